The van der Waals surface area contributed by atoms with Crippen molar-refractivity contribution in [2.45, 2.75) is 45.4 Å². The van der Waals surface area contributed by atoms with E-state index in [2.05, 4.69) is 31.1 Å². The molecule has 1 aliphatic carbocycles. The fourth-order valence-electron chi connectivity index (χ4n) is 2.60. The fraction of sp³-hybridized carbons (Fsp3) is 0.750. The van der Waals surface area contributed by atoms with E-state index in [1.165, 1.54) is 17.7 Å². The standard InChI is InChI=1S/C16H27N3O/c1-16(2,3)15-18-11-13-9-12(5-6-14(13)19-15)10-17-7-8-20-4/h11-12,17H,5-10H2,1-4H3. The summed E-state index contributed by atoms with van der Waals surface area (Å²) < 4.78 is 5.05. The molecule has 112 valence electrons. The minimum atomic E-state index is 0.0353. The summed E-state index contributed by atoms with van der Waals surface area (Å²) in [4.78, 5) is 9.33. The van der Waals surface area contributed by atoms with Crippen LogP contribution < -0.4 is 5.32 Å². The molecule has 0 fully saturated rings. The second-order valence-electron chi connectivity index (χ2n) is 6.72. The molecule has 0 aromatic carbocycles. The second-order valence-corrected chi connectivity index (χ2v) is 6.72. The van der Waals surface area contributed by atoms with Gasteiger partial charge in [-0.2, -0.15) is 0 Å². The summed E-state index contributed by atoms with van der Waals surface area (Å²) in [6.07, 6.45) is 5.44. The lowest BCUT2D eigenvalue weighted by atomic mass is 9.86. The van der Waals surface area contributed by atoms with E-state index in [9.17, 15) is 0 Å². The molecule has 0 amide bonds. The number of methoxy groups -OCH3 is 1. The summed E-state index contributed by atoms with van der Waals surface area (Å²) in [5.74, 6) is 1.66. The van der Waals surface area contributed by atoms with Crippen molar-refractivity contribution in [2.75, 3.05) is 26.8 Å². The molecule has 0 radical (unpaired) electrons. The number of rotatable bonds is 5. The zero-order valence-electron chi connectivity index (χ0n) is 13.2. The average Bonchev–Trinajstić information content (AvgIpc) is 2.42. The molecule has 0 saturated heterocycles. The molecule has 1 atom stereocenters. The van der Waals surface area contributed by atoms with Gasteiger partial charge in [0.25, 0.3) is 0 Å². The van der Waals surface area contributed by atoms with E-state index in [1.54, 1.807) is 7.11 Å². The maximum atomic E-state index is 5.05. The Balaban J connectivity index is 1.94. The number of aryl methyl sites for hydroxylation is 1. The van der Waals surface area contributed by atoms with E-state index in [1.807, 2.05) is 6.20 Å². The number of aromatic nitrogens is 2. The van der Waals surface area contributed by atoms with Crippen LogP contribution in [-0.4, -0.2) is 36.8 Å². The number of hydrogen-bond donors (Lipinski definition) is 1. The molecular weight excluding hydrogens is 250 g/mol. The van der Waals surface area contributed by atoms with Crippen molar-refractivity contribution in [3.05, 3.63) is 23.3 Å². The number of fused-ring (bicyclic) bond motifs is 1. The molecule has 0 saturated carbocycles. The van der Waals surface area contributed by atoms with Crippen LogP contribution in [-0.2, 0) is 23.0 Å². The molecule has 0 spiro atoms. The predicted octanol–water partition coefficient (Wildman–Crippen LogP) is 2.11. The summed E-state index contributed by atoms with van der Waals surface area (Å²) in [5.41, 5.74) is 2.63. The summed E-state index contributed by atoms with van der Waals surface area (Å²) >= 11 is 0. The third-order valence-corrected chi connectivity index (χ3v) is 3.84. The van der Waals surface area contributed by atoms with Gasteiger partial charge >= 0.3 is 0 Å². The van der Waals surface area contributed by atoms with Crippen molar-refractivity contribution >= 4 is 0 Å². The van der Waals surface area contributed by atoms with Crippen molar-refractivity contribution < 1.29 is 4.74 Å². The van der Waals surface area contributed by atoms with E-state index in [0.29, 0.717) is 5.92 Å². The lowest BCUT2D eigenvalue weighted by Gasteiger charge is -2.26. The fourth-order valence-corrected chi connectivity index (χ4v) is 2.60. The summed E-state index contributed by atoms with van der Waals surface area (Å²) in [6.45, 7) is 9.27. The third kappa shape index (κ3) is 4.00. The molecule has 1 aromatic heterocycles. The molecule has 4 nitrogen and oxygen atoms in total. The summed E-state index contributed by atoms with van der Waals surface area (Å²) in [6, 6.07) is 0. The molecule has 1 N–H and O–H groups in total. The Kier molecular flexibility index (Phi) is 5.11. The van der Waals surface area contributed by atoms with Crippen LogP contribution in [0.4, 0.5) is 0 Å². The molecule has 2 rings (SSSR count). The molecular formula is C16H27N3O. The van der Waals surface area contributed by atoms with Gasteiger partial charge in [0.1, 0.15) is 5.82 Å². The van der Waals surface area contributed by atoms with Crippen LogP contribution in [0.3, 0.4) is 0 Å². The highest BCUT2D eigenvalue weighted by Crippen LogP contribution is 2.26. The first-order chi connectivity index (χ1) is 9.50. The van der Waals surface area contributed by atoms with Crippen LogP contribution in [0, 0.1) is 5.92 Å². The van der Waals surface area contributed by atoms with Gasteiger partial charge in [-0.15, -0.1) is 0 Å². The molecule has 1 aromatic rings. The van der Waals surface area contributed by atoms with Gasteiger partial charge in [0.15, 0.2) is 0 Å². The van der Waals surface area contributed by atoms with E-state index in [-0.39, 0.29) is 5.41 Å². The van der Waals surface area contributed by atoms with Gasteiger partial charge in [0.2, 0.25) is 0 Å². The quantitative estimate of drug-likeness (QED) is 0.838. The molecule has 1 aliphatic rings. The van der Waals surface area contributed by atoms with Gasteiger partial charge in [-0.05, 0) is 37.3 Å². The van der Waals surface area contributed by atoms with Crippen LogP contribution in [0.2, 0.25) is 0 Å². The van der Waals surface area contributed by atoms with Crippen molar-refractivity contribution in [1.82, 2.24) is 15.3 Å². The highest BCUT2D eigenvalue weighted by Gasteiger charge is 2.23. The van der Waals surface area contributed by atoms with E-state index in [4.69, 9.17) is 9.72 Å². The highest BCUT2D eigenvalue weighted by atomic mass is 16.5. The largest absolute Gasteiger partial charge is 0.383 e. The number of hydrogen-bond acceptors (Lipinski definition) is 4. The molecule has 1 heterocycles. The van der Waals surface area contributed by atoms with Gasteiger partial charge in [0.05, 0.1) is 6.61 Å². The SMILES string of the molecule is COCCNCC1CCc2nc(C(C)(C)C)ncc2C1. The zero-order chi connectivity index (χ0) is 14.6. The monoisotopic (exact) mass is 277 g/mol. The van der Waals surface area contributed by atoms with Crippen LogP contribution in [0.25, 0.3) is 0 Å². The maximum Gasteiger partial charge on any atom is 0.133 e. The van der Waals surface area contributed by atoms with Gasteiger partial charge < -0.3 is 10.1 Å². The Morgan fingerprint density at radius 1 is 1.40 bits per heavy atom. The van der Waals surface area contributed by atoms with Crippen molar-refractivity contribution in [1.29, 1.82) is 0 Å². The predicted molar refractivity (Wildman–Crippen MR) is 81.0 cm³/mol. The molecule has 1 unspecified atom stereocenters. The minimum absolute atomic E-state index is 0.0353. The Labute approximate surface area is 122 Å². The Morgan fingerprint density at radius 3 is 2.90 bits per heavy atom. The van der Waals surface area contributed by atoms with Crippen LogP contribution >= 0.6 is 0 Å². The molecule has 0 bridgehead atoms. The van der Waals surface area contributed by atoms with Gasteiger partial charge in [-0.25, -0.2) is 9.97 Å². The van der Waals surface area contributed by atoms with E-state index < -0.39 is 0 Å². The maximum absolute atomic E-state index is 5.05. The van der Waals surface area contributed by atoms with Crippen LogP contribution in [0.1, 0.15) is 44.3 Å². The summed E-state index contributed by atoms with van der Waals surface area (Å²) in [5, 5.41) is 3.46. The molecule has 0 aliphatic heterocycles. The molecule has 4 heteroatoms. The van der Waals surface area contributed by atoms with Gasteiger partial charge in [-0.1, -0.05) is 20.8 Å². The average molecular weight is 277 g/mol. The lowest BCUT2D eigenvalue weighted by Crippen LogP contribution is -2.30. The Bertz CT molecular complexity index is 440. The van der Waals surface area contributed by atoms with E-state index in [0.717, 1.165) is 38.4 Å². The number of ether oxygens (including phenoxy) is 1. The van der Waals surface area contributed by atoms with Crippen molar-refractivity contribution in [3.8, 4) is 0 Å². The van der Waals surface area contributed by atoms with Crippen LogP contribution in [0.5, 0.6) is 0 Å². The topological polar surface area (TPSA) is 47.0 Å². The minimum Gasteiger partial charge on any atom is -0.383 e. The first-order valence-corrected chi connectivity index (χ1v) is 7.55. The Morgan fingerprint density at radius 2 is 2.20 bits per heavy atom. The normalized spacial score (nSPS) is 18.9. The lowest BCUT2D eigenvalue weighted by molar-refractivity contribution is 0.197. The number of nitrogens with zero attached hydrogens (tertiary/aromatic N) is 2. The second kappa shape index (κ2) is 6.64. The first-order valence-electron chi connectivity index (χ1n) is 7.55. The zero-order valence-corrected chi connectivity index (χ0v) is 13.2. The van der Waals surface area contributed by atoms with Gasteiger partial charge in [0, 0.05) is 31.0 Å². The summed E-state index contributed by atoms with van der Waals surface area (Å²) in [7, 11) is 1.74. The van der Waals surface area contributed by atoms with Crippen molar-refractivity contribution in [2.24, 2.45) is 5.92 Å². The van der Waals surface area contributed by atoms with E-state index >= 15 is 0 Å². The third-order valence-electron chi connectivity index (χ3n) is 3.84. The van der Waals surface area contributed by atoms with Crippen molar-refractivity contribution in [3.63, 3.8) is 0 Å². The highest BCUT2D eigenvalue weighted by molar-refractivity contribution is 5.23. The smallest absolute Gasteiger partial charge is 0.133 e. The Hall–Kier alpha value is -1.00. The molecule has 20 heavy (non-hydrogen) atoms. The number of nitrogens with one attached hydrogen (secondary N) is 1. The first kappa shape index (κ1) is 15.4. The van der Waals surface area contributed by atoms with Gasteiger partial charge in [-0.3, -0.25) is 0 Å². The van der Waals surface area contributed by atoms with Crippen LogP contribution in [0.15, 0.2) is 6.20 Å².